The summed E-state index contributed by atoms with van der Waals surface area (Å²) in [5.74, 6) is 0.473. The zero-order valence-corrected chi connectivity index (χ0v) is 18.6. The Hall–Kier alpha value is -2.72. The topological polar surface area (TPSA) is 70.0 Å². The number of allylic oxidation sites excluding steroid dienone is 1. The Balaban J connectivity index is 2.04. The van der Waals surface area contributed by atoms with Gasteiger partial charge in [-0.2, -0.15) is 5.26 Å². The molecule has 7 heteroatoms. The lowest BCUT2D eigenvalue weighted by molar-refractivity contribution is 0.603. The number of sulfone groups is 1. The van der Waals surface area contributed by atoms with E-state index in [2.05, 4.69) is 5.32 Å². The highest BCUT2D eigenvalue weighted by atomic mass is 35.5. The van der Waals surface area contributed by atoms with Crippen LogP contribution in [0.2, 0.25) is 5.02 Å². The largest absolute Gasteiger partial charge is 0.348 e. The van der Waals surface area contributed by atoms with Gasteiger partial charge in [-0.3, -0.25) is 0 Å². The number of benzene rings is 3. The third kappa shape index (κ3) is 5.25. The van der Waals surface area contributed by atoms with Gasteiger partial charge in [-0.1, -0.05) is 60.1 Å². The number of rotatable bonds is 7. The third-order valence-corrected chi connectivity index (χ3v) is 7.50. The molecular weight excluding hydrogens is 436 g/mol. The SMILES string of the molecule is Cc1ccccc1NC(SCc1ccc(Cl)cc1)=C(C#N)S(=O)(=O)c1ccccc1. The van der Waals surface area contributed by atoms with Crippen molar-refractivity contribution in [2.75, 3.05) is 5.32 Å². The lowest BCUT2D eigenvalue weighted by atomic mass is 10.2. The van der Waals surface area contributed by atoms with E-state index < -0.39 is 9.84 Å². The van der Waals surface area contributed by atoms with Gasteiger partial charge in [0.25, 0.3) is 0 Å². The minimum atomic E-state index is -3.98. The monoisotopic (exact) mass is 454 g/mol. The first kappa shape index (κ1) is 22.0. The zero-order chi connectivity index (χ0) is 21.6. The van der Waals surface area contributed by atoms with Crippen LogP contribution in [0.5, 0.6) is 0 Å². The number of para-hydroxylation sites is 1. The number of nitrogens with one attached hydrogen (secondary N) is 1. The lowest BCUT2D eigenvalue weighted by Crippen LogP contribution is -2.10. The molecule has 0 aliphatic heterocycles. The van der Waals surface area contributed by atoms with Gasteiger partial charge < -0.3 is 5.32 Å². The predicted molar refractivity (Wildman–Crippen MR) is 124 cm³/mol. The summed E-state index contributed by atoms with van der Waals surface area (Å²) in [6.07, 6.45) is 0. The molecular formula is C23H19ClN2O2S2. The molecule has 0 aliphatic carbocycles. The van der Waals surface area contributed by atoms with Gasteiger partial charge in [-0.25, -0.2) is 8.42 Å². The number of hydrogen-bond donors (Lipinski definition) is 1. The van der Waals surface area contributed by atoms with E-state index >= 15 is 0 Å². The minimum absolute atomic E-state index is 0.0812. The average molecular weight is 455 g/mol. The number of nitrogens with zero attached hydrogens (tertiary/aromatic N) is 1. The second-order valence-electron chi connectivity index (χ2n) is 6.44. The fraction of sp³-hybridized carbons (Fsp3) is 0.0870. The first-order valence-corrected chi connectivity index (χ1v) is 11.9. The summed E-state index contributed by atoms with van der Waals surface area (Å²) < 4.78 is 26.4. The van der Waals surface area contributed by atoms with Crippen LogP contribution in [0.25, 0.3) is 0 Å². The Labute approximate surface area is 186 Å². The number of anilines is 1. The van der Waals surface area contributed by atoms with Crippen LogP contribution in [-0.4, -0.2) is 8.42 Å². The van der Waals surface area contributed by atoms with Crippen molar-refractivity contribution in [1.29, 1.82) is 5.26 Å². The second-order valence-corrected chi connectivity index (χ2v) is 9.75. The molecule has 0 aliphatic rings. The molecule has 0 saturated carbocycles. The van der Waals surface area contributed by atoms with E-state index in [1.54, 1.807) is 30.3 Å². The van der Waals surface area contributed by atoms with E-state index in [-0.39, 0.29) is 14.8 Å². The normalized spacial score (nSPS) is 12.0. The summed E-state index contributed by atoms with van der Waals surface area (Å²) in [4.78, 5) is -0.228. The molecule has 0 unspecified atom stereocenters. The van der Waals surface area contributed by atoms with Crippen LogP contribution in [0.15, 0.2) is 93.7 Å². The van der Waals surface area contributed by atoms with E-state index in [1.807, 2.05) is 49.4 Å². The summed E-state index contributed by atoms with van der Waals surface area (Å²) >= 11 is 7.21. The predicted octanol–water partition coefficient (Wildman–Crippen LogP) is 6.16. The molecule has 3 aromatic rings. The molecule has 3 rings (SSSR count). The second kappa shape index (κ2) is 9.86. The Bertz CT molecular complexity index is 1200. The third-order valence-electron chi connectivity index (χ3n) is 4.32. The van der Waals surface area contributed by atoms with Gasteiger partial charge >= 0.3 is 0 Å². The van der Waals surface area contributed by atoms with Crippen molar-refractivity contribution < 1.29 is 8.42 Å². The van der Waals surface area contributed by atoms with Crippen molar-refractivity contribution in [3.63, 3.8) is 0 Å². The minimum Gasteiger partial charge on any atom is -0.348 e. The van der Waals surface area contributed by atoms with Crippen molar-refractivity contribution in [1.82, 2.24) is 0 Å². The fourth-order valence-electron chi connectivity index (χ4n) is 2.68. The maximum Gasteiger partial charge on any atom is 0.219 e. The van der Waals surface area contributed by atoms with Gasteiger partial charge in [0.1, 0.15) is 11.1 Å². The summed E-state index contributed by atoms with van der Waals surface area (Å²) in [6.45, 7) is 1.92. The standard InChI is InChI=1S/C23H19ClN2O2S2/c1-17-7-5-6-10-21(17)26-23(29-16-18-11-13-19(24)14-12-18)22(15-25)30(27,28)20-8-3-2-4-9-20/h2-14,26H,16H2,1H3. The number of aryl methyl sites for hydroxylation is 1. The summed E-state index contributed by atoms with van der Waals surface area (Å²) in [5.41, 5.74) is 2.64. The van der Waals surface area contributed by atoms with Gasteiger partial charge in [-0.15, -0.1) is 11.8 Å². The Morgan fingerprint density at radius 3 is 2.27 bits per heavy atom. The molecule has 0 amide bonds. The Morgan fingerprint density at radius 1 is 1.00 bits per heavy atom. The van der Waals surface area contributed by atoms with E-state index in [9.17, 15) is 13.7 Å². The van der Waals surface area contributed by atoms with Crippen molar-refractivity contribution in [3.8, 4) is 6.07 Å². The number of thioether (sulfide) groups is 1. The van der Waals surface area contributed by atoms with Crippen molar-refractivity contribution in [2.24, 2.45) is 0 Å². The maximum atomic E-state index is 13.2. The van der Waals surface area contributed by atoms with Crippen molar-refractivity contribution in [2.45, 2.75) is 17.6 Å². The zero-order valence-electron chi connectivity index (χ0n) is 16.2. The van der Waals surface area contributed by atoms with Crippen molar-refractivity contribution in [3.05, 3.63) is 105 Å². The van der Waals surface area contributed by atoms with Gasteiger partial charge in [-0.05, 0) is 48.4 Å². The molecule has 1 N–H and O–H groups in total. The smallest absolute Gasteiger partial charge is 0.219 e. The van der Waals surface area contributed by atoms with E-state index in [0.717, 1.165) is 16.8 Å². The highest BCUT2D eigenvalue weighted by molar-refractivity contribution is 8.04. The molecule has 152 valence electrons. The van der Waals surface area contributed by atoms with Crippen LogP contribution < -0.4 is 5.32 Å². The van der Waals surface area contributed by atoms with Crippen LogP contribution in [0.1, 0.15) is 11.1 Å². The molecule has 0 aromatic heterocycles. The molecule has 0 fully saturated rings. The molecule has 4 nitrogen and oxygen atoms in total. The van der Waals surface area contributed by atoms with E-state index in [4.69, 9.17) is 11.6 Å². The molecule has 0 bridgehead atoms. The van der Waals surface area contributed by atoms with Crippen LogP contribution in [-0.2, 0) is 15.6 Å². The first-order valence-electron chi connectivity index (χ1n) is 9.06. The maximum absolute atomic E-state index is 13.2. The molecule has 0 radical (unpaired) electrons. The van der Waals surface area contributed by atoms with Crippen molar-refractivity contribution >= 4 is 38.9 Å². The molecule has 0 saturated heterocycles. The number of nitriles is 1. The molecule has 0 heterocycles. The van der Waals surface area contributed by atoms with Gasteiger partial charge in [0.05, 0.1) is 4.90 Å². The Kier molecular flexibility index (Phi) is 7.22. The van der Waals surface area contributed by atoms with E-state index in [1.165, 1.54) is 23.9 Å². The highest BCUT2D eigenvalue weighted by Crippen LogP contribution is 2.32. The van der Waals surface area contributed by atoms with Crippen LogP contribution in [0.3, 0.4) is 0 Å². The first-order chi connectivity index (χ1) is 14.4. The van der Waals surface area contributed by atoms with Gasteiger partial charge in [0, 0.05) is 16.5 Å². The summed E-state index contributed by atoms with van der Waals surface area (Å²) in [5, 5.41) is 13.9. The summed E-state index contributed by atoms with van der Waals surface area (Å²) in [7, 11) is -3.98. The number of halogens is 1. The average Bonchev–Trinajstić information content (AvgIpc) is 2.75. The Morgan fingerprint density at radius 2 is 1.63 bits per heavy atom. The quantitative estimate of drug-likeness (QED) is 0.433. The highest BCUT2D eigenvalue weighted by Gasteiger charge is 2.25. The van der Waals surface area contributed by atoms with Crippen LogP contribution >= 0.6 is 23.4 Å². The summed E-state index contributed by atoms with van der Waals surface area (Å²) in [6, 6.07) is 24.7. The molecule has 30 heavy (non-hydrogen) atoms. The van der Waals surface area contributed by atoms with Crippen LogP contribution in [0, 0.1) is 18.3 Å². The fourth-order valence-corrected chi connectivity index (χ4v) is 5.34. The van der Waals surface area contributed by atoms with Gasteiger partial charge in [0.15, 0.2) is 4.91 Å². The molecule has 0 atom stereocenters. The molecule has 3 aromatic carbocycles. The van der Waals surface area contributed by atoms with E-state index in [0.29, 0.717) is 10.8 Å². The van der Waals surface area contributed by atoms with Gasteiger partial charge in [0.2, 0.25) is 9.84 Å². The number of hydrogen-bond acceptors (Lipinski definition) is 5. The van der Waals surface area contributed by atoms with Crippen LogP contribution in [0.4, 0.5) is 5.69 Å². The lowest BCUT2D eigenvalue weighted by Gasteiger charge is -2.15. The molecule has 0 spiro atoms.